The van der Waals surface area contributed by atoms with E-state index in [0.717, 1.165) is 0 Å². The molecule has 0 saturated heterocycles. The molecule has 0 bridgehead atoms. The number of hydrogen-bond donors (Lipinski definition) is 2. The van der Waals surface area contributed by atoms with E-state index in [1.54, 1.807) is 12.1 Å². The Morgan fingerprint density at radius 1 is 0.719 bits per heavy atom. The summed E-state index contributed by atoms with van der Waals surface area (Å²) in [6.07, 6.45) is 1.27. The van der Waals surface area contributed by atoms with Gasteiger partial charge in [-0.05, 0) is 35.9 Å². The molecule has 1 amide bonds. The van der Waals surface area contributed by atoms with Crippen LogP contribution in [-0.4, -0.2) is 59.6 Å². The van der Waals surface area contributed by atoms with E-state index in [4.69, 9.17) is 28.4 Å². The average Bonchev–Trinajstić information content (AvgIpc) is 2.81. The highest BCUT2D eigenvalue weighted by Gasteiger charge is 2.20. The Hall–Kier alpha value is -4.08. The van der Waals surface area contributed by atoms with Crippen LogP contribution in [0.5, 0.6) is 34.5 Å². The van der Waals surface area contributed by atoms with E-state index in [9.17, 15) is 14.7 Å². The zero-order valence-corrected chi connectivity index (χ0v) is 18.6. The van der Waals surface area contributed by atoms with Crippen molar-refractivity contribution in [3.8, 4) is 34.5 Å². The number of carbonyl (C=O) groups is 2. The lowest BCUT2D eigenvalue weighted by Gasteiger charge is -2.15. The molecule has 0 aromatic heterocycles. The molecule has 0 aliphatic carbocycles. The molecule has 0 radical (unpaired) electrons. The molecule has 2 aromatic carbocycles. The van der Waals surface area contributed by atoms with Gasteiger partial charge in [-0.25, -0.2) is 4.79 Å². The van der Waals surface area contributed by atoms with Crippen LogP contribution >= 0.6 is 0 Å². The van der Waals surface area contributed by atoms with Crippen LogP contribution in [0.4, 0.5) is 0 Å². The first-order chi connectivity index (χ1) is 15.3. The summed E-state index contributed by atoms with van der Waals surface area (Å²) in [6, 6.07) is 5.93. The molecule has 32 heavy (non-hydrogen) atoms. The van der Waals surface area contributed by atoms with Gasteiger partial charge in [0.15, 0.2) is 23.0 Å². The van der Waals surface area contributed by atoms with Gasteiger partial charge in [0.1, 0.15) is 5.70 Å². The summed E-state index contributed by atoms with van der Waals surface area (Å²) in [5.74, 6) is -0.212. The molecular formula is C22H25NO9. The molecule has 0 heterocycles. The number of amides is 1. The van der Waals surface area contributed by atoms with E-state index >= 15 is 0 Å². The third-order valence-electron chi connectivity index (χ3n) is 4.40. The largest absolute Gasteiger partial charge is 0.493 e. The smallest absolute Gasteiger partial charge is 0.352 e. The van der Waals surface area contributed by atoms with Gasteiger partial charge in [0.25, 0.3) is 5.91 Å². The van der Waals surface area contributed by atoms with E-state index in [2.05, 4.69) is 5.32 Å². The van der Waals surface area contributed by atoms with E-state index in [-0.39, 0.29) is 22.8 Å². The molecule has 10 heteroatoms. The minimum Gasteiger partial charge on any atom is -0.493 e. The number of benzene rings is 2. The molecule has 0 fully saturated rings. The lowest BCUT2D eigenvalue weighted by Crippen LogP contribution is -2.27. The molecule has 10 nitrogen and oxygen atoms in total. The second-order valence-electron chi connectivity index (χ2n) is 6.19. The van der Waals surface area contributed by atoms with Gasteiger partial charge >= 0.3 is 5.97 Å². The minimum absolute atomic E-state index is 0.108. The Kier molecular flexibility index (Phi) is 8.17. The summed E-state index contributed by atoms with van der Waals surface area (Å²) in [5.41, 5.74) is 0.136. The molecule has 0 saturated carbocycles. The lowest BCUT2D eigenvalue weighted by molar-refractivity contribution is -0.132. The van der Waals surface area contributed by atoms with Crippen LogP contribution in [0.15, 0.2) is 30.0 Å². The highest BCUT2D eigenvalue weighted by molar-refractivity contribution is 6.03. The summed E-state index contributed by atoms with van der Waals surface area (Å²) in [6.45, 7) is 0. The van der Waals surface area contributed by atoms with Crippen LogP contribution in [0.2, 0.25) is 0 Å². The number of carboxylic acid groups (broad SMARTS) is 1. The van der Waals surface area contributed by atoms with Gasteiger partial charge in [-0.3, -0.25) is 4.79 Å². The van der Waals surface area contributed by atoms with Crippen molar-refractivity contribution >= 4 is 18.0 Å². The summed E-state index contributed by atoms with van der Waals surface area (Å²) in [5, 5.41) is 12.0. The number of aliphatic carboxylic acids is 1. The predicted octanol–water partition coefficient (Wildman–Crippen LogP) is 2.59. The monoisotopic (exact) mass is 447 g/mol. The first-order valence-electron chi connectivity index (χ1n) is 9.19. The summed E-state index contributed by atoms with van der Waals surface area (Å²) >= 11 is 0. The molecule has 0 unspecified atom stereocenters. The van der Waals surface area contributed by atoms with Crippen molar-refractivity contribution in [3.05, 3.63) is 41.1 Å². The fourth-order valence-electron chi connectivity index (χ4n) is 2.91. The maximum absolute atomic E-state index is 12.8. The normalized spacial score (nSPS) is 10.8. The highest BCUT2D eigenvalue weighted by Crippen LogP contribution is 2.39. The van der Waals surface area contributed by atoms with Crippen LogP contribution in [-0.2, 0) is 4.79 Å². The Morgan fingerprint density at radius 2 is 1.12 bits per heavy atom. The Morgan fingerprint density at radius 3 is 1.47 bits per heavy atom. The molecular weight excluding hydrogens is 422 g/mol. The van der Waals surface area contributed by atoms with Gasteiger partial charge in [-0.2, -0.15) is 0 Å². The zero-order chi connectivity index (χ0) is 23.8. The van der Waals surface area contributed by atoms with Crippen molar-refractivity contribution in [1.82, 2.24) is 5.32 Å². The number of hydrogen-bond acceptors (Lipinski definition) is 8. The molecule has 2 rings (SSSR count). The zero-order valence-electron chi connectivity index (χ0n) is 18.6. The number of carboxylic acids is 1. The first kappa shape index (κ1) is 24.2. The van der Waals surface area contributed by atoms with Crippen LogP contribution in [0, 0.1) is 0 Å². The molecule has 0 spiro atoms. The first-order valence-corrected chi connectivity index (χ1v) is 9.19. The lowest BCUT2D eigenvalue weighted by atomic mass is 10.1. The third kappa shape index (κ3) is 5.15. The molecule has 0 aliphatic heterocycles. The van der Waals surface area contributed by atoms with Crippen LogP contribution in [0.1, 0.15) is 15.9 Å². The fourth-order valence-corrected chi connectivity index (χ4v) is 2.91. The standard InChI is InChI=1S/C22H25NO9/c1-27-15-8-12(9-16(28-2)19(15)31-5)7-14(22(25)26)23-21(24)13-10-17(29-3)20(32-6)18(11-13)30-4/h7-11H,1-6H3,(H,23,24)(H,25,26). The van der Waals surface area contributed by atoms with Crippen LogP contribution in [0.25, 0.3) is 6.08 Å². The summed E-state index contributed by atoms with van der Waals surface area (Å²) < 4.78 is 31.5. The van der Waals surface area contributed by atoms with Gasteiger partial charge < -0.3 is 38.8 Å². The van der Waals surface area contributed by atoms with E-state index in [0.29, 0.717) is 28.6 Å². The van der Waals surface area contributed by atoms with Crippen molar-refractivity contribution in [2.24, 2.45) is 0 Å². The molecule has 2 N–H and O–H groups in total. The number of methoxy groups -OCH3 is 6. The van der Waals surface area contributed by atoms with Crippen molar-refractivity contribution < 1.29 is 43.1 Å². The molecule has 172 valence electrons. The Balaban J connectivity index is 2.46. The van der Waals surface area contributed by atoms with Gasteiger partial charge in [-0.1, -0.05) is 0 Å². The fraction of sp³-hybridized carbons (Fsp3) is 0.273. The van der Waals surface area contributed by atoms with Crippen molar-refractivity contribution in [3.63, 3.8) is 0 Å². The highest BCUT2D eigenvalue weighted by atomic mass is 16.5. The van der Waals surface area contributed by atoms with Crippen LogP contribution in [0.3, 0.4) is 0 Å². The second kappa shape index (κ2) is 10.8. The van der Waals surface area contributed by atoms with E-state index < -0.39 is 11.9 Å². The Labute approximate surface area is 185 Å². The van der Waals surface area contributed by atoms with Crippen molar-refractivity contribution in [2.75, 3.05) is 42.7 Å². The Bertz CT molecular complexity index is 980. The topological polar surface area (TPSA) is 122 Å². The van der Waals surface area contributed by atoms with Gasteiger partial charge in [0.05, 0.1) is 42.7 Å². The maximum atomic E-state index is 12.8. The summed E-state index contributed by atoms with van der Waals surface area (Å²) in [4.78, 5) is 24.6. The minimum atomic E-state index is -1.35. The number of rotatable bonds is 10. The van der Waals surface area contributed by atoms with E-state index in [1.807, 2.05) is 0 Å². The van der Waals surface area contributed by atoms with Crippen LogP contribution < -0.4 is 33.7 Å². The van der Waals surface area contributed by atoms with Gasteiger partial charge in [0.2, 0.25) is 11.5 Å². The summed E-state index contributed by atoms with van der Waals surface area (Å²) in [7, 11) is 8.58. The number of carbonyl (C=O) groups excluding carboxylic acids is 1. The quantitative estimate of drug-likeness (QED) is 0.529. The molecule has 0 aliphatic rings. The van der Waals surface area contributed by atoms with Crippen molar-refractivity contribution in [2.45, 2.75) is 0 Å². The number of nitrogens with one attached hydrogen (secondary N) is 1. The molecule has 2 aromatic rings. The van der Waals surface area contributed by atoms with E-state index in [1.165, 1.54) is 60.9 Å². The number of ether oxygens (including phenoxy) is 6. The van der Waals surface area contributed by atoms with Gasteiger partial charge in [0, 0.05) is 5.56 Å². The predicted molar refractivity (Wildman–Crippen MR) is 115 cm³/mol. The van der Waals surface area contributed by atoms with Gasteiger partial charge in [-0.15, -0.1) is 0 Å². The van der Waals surface area contributed by atoms with Crippen molar-refractivity contribution in [1.29, 1.82) is 0 Å². The third-order valence-corrected chi connectivity index (χ3v) is 4.40. The molecule has 0 atom stereocenters. The maximum Gasteiger partial charge on any atom is 0.352 e. The average molecular weight is 447 g/mol. The SMILES string of the molecule is COc1cc(C=C(NC(=O)c2cc(OC)c(OC)c(OC)c2)C(=O)O)cc(OC)c1OC. The second-order valence-corrected chi connectivity index (χ2v) is 6.19.